The Hall–Kier alpha value is -2.44. The zero-order valence-electron chi connectivity index (χ0n) is 13.8. The number of ether oxygens (including phenoxy) is 1. The molecule has 1 amide bonds. The van der Waals surface area contributed by atoms with Gasteiger partial charge in [0.05, 0.1) is 18.2 Å². The molecule has 1 saturated heterocycles. The highest BCUT2D eigenvalue weighted by atomic mass is 32.1. The predicted octanol–water partition coefficient (Wildman–Crippen LogP) is 4.09. The maximum atomic E-state index is 13.0. The van der Waals surface area contributed by atoms with Gasteiger partial charge in [-0.25, -0.2) is 0 Å². The maximum Gasteiger partial charge on any atom is 0.266 e. The largest absolute Gasteiger partial charge is 0.429 e. The zero-order valence-corrected chi connectivity index (χ0v) is 14.6. The second-order valence-electron chi connectivity index (χ2n) is 6.28. The van der Waals surface area contributed by atoms with E-state index in [0.29, 0.717) is 29.1 Å². The van der Waals surface area contributed by atoms with E-state index in [9.17, 15) is 4.79 Å². The molecule has 3 aromatic rings. The topological polar surface area (TPSA) is 58.5 Å². The number of hydrogen-bond donors (Lipinski definition) is 1. The van der Waals surface area contributed by atoms with Crippen molar-refractivity contribution in [1.82, 2.24) is 9.88 Å². The molecule has 25 heavy (non-hydrogen) atoms. The van der Waals surface area contributed by atoms with E-state index in [4.69, 9.17) is 21.4 Å². The van der Waals surface area contributed by atoms with E-state index in [-0.39, 0.29) is 18.1 Å². The molecule has 0 saturated carbocycles. The lowest BCUT2D eigenvalue weighted by Crippen LogP contribution is -2.45. The normalized spacial score (nSPS) is 20.8. The summed E-state index contributed by atoms with van der Waals surface area (Å²) in [4.78, 5) is 18.1. The number of carbonyl (C=O) groups excluding carboxylic acids is 1. The number of hydrogen-bond acceptors (Lipinski definition) is 4. The zero-order chi connectivity index (χ0) is 17.4. The summed E-state index contributed by atoms with van der Waals surface area (Å²) in [6.45, 7) is 3.09. The van der Waals surface area contributed by atoms with Crippen LogP contribution >= 0.6 is 12.2 Å². The minimum Gasteiger partial charge on any atom is -0.429 e. The van der Waals surface area contributed by atoms with Gasteiger partial charge >= 0.3 is 0 Å². The van der Waals surface area contributed by atoms with E-state index in [1.807, 2.05) is 48.2 Å². The minimum absolute atomic E-state index is 0.0252. The van der Waals surface area contributed by atoms with Crippen molar-refractivity contribution in [1.29, 1.82) is 0 Å². The Morgan fingerprint density at radius 1 is 1.20 bits per heavy atom. The van der Waals surface area contributed by atoms with E-state index in [1.54, 1.807) is 12.1 Å². The quantitative estimate of drug-likeness (QED) is 0.704. The molecule has 1 aliphatic rings. The lowest BCUT2D eigenvalue weighted by molar-refractivity contribution is -0.0691. The van der Waals surface area contributed by atoms with Crippen LogP contribution in [-0.2, 0) is 4.74 Å². The van der Waals surface area contributed by atoms with Gasteiger partial charge in [0.15, 0.2) is 5.58 Å². The van der Waals surface area contributed by atoms with Gasteiger partial charge in [-0.05, 0) is 42.9 Å². The number of fused-ring (bicyclic) bond motifs is 1. The molecular weight excluding hydrogens is 336 g/mol. The van der Waals surface area contributed by atoms with Gasteiger partial charge in [-0.2, -0.15) is 0 Å². The summed E-state index contributed by atoms with van der Waals surface area (Å²) >= 11 is 5.00. The van der Waals surface area contributed by atoms with Crippen LogP contribution in [0, 0.1) is 4.84 Å². The first kappa shape index (κ1) is 16.1. The maximum absolute atomic E-state index is 13.0. The van der Waals surface area contributed by atoms with E-state index in [2.05, 4.69) is 4.98 Å². The van der Waals surface area contributed by atoms with Crippen LogP contribution in [-0.4, -0.2) is 35.0 Å². The van der Waals surface area contributed by atoms with Gasteiger partial charge in [0.2, 0.25) is 0 Å². The summed E-state index contributed by atoms with van der Waals surface area (Å²) in [7, 11) is 0. The van der Waals surface area contributed by atoms with E-state index in [0.717, 1.165) is 11.1 Å². The molecule has 1 N–H and O–H groups in total. The fraction of sp³-hybridized carbons (Fsp3) is 0.263. The third-order valence-electron chi connectivity index (χ3n) is 4.39. The number of rotatable bonds is 2. The molecule has 0 radical (unpaired) electrons. The van der Waals surface area contributed by atoms with E-state index < -0.39 is 0 Å². The van der Waals surface area contributed by atoms with E-state index >= 15 is 0 Å². The Morgan fingerprint density at radius 2 is 2.00 bits per heavy atom. The lowest BCUT2D eigenvalue weighted by atomic mass is 10.1. The second-order valence-corrected chi connectivity index (χ2v) is 6.65. The number of morpholine rings is 1. The van der Waals surface area contributed by atoms with Crippen LogP contribution in [0.2, 0.25) is 0 Å². The number of nitrogens with one attached hydrogen (secondary N) is 1. The highest BCUT2D eigenvalue weighted by Crippen LogP contribution is 2.26. The molecule has 1 aliphatic heterocycles. The SMILES string of the molecule is C[C@H]1CN(C(=O)c2ccc3[nH]c(=S)oc3c2)C[C@H](c2ccccc2)O1. The molecule has 0 aliphatic carbocycles. The molecule has 2 aromatic carbocycles. The number of aromatic nitrogens is 1. The highest BCUT2D eigenvalue weighted by Gasteiger charge is 2.30. The number of amides is 1. The lowest BCUT2D eigenvalue weighted by Gasteiger charge is -2.37. The van der Waals surface area contributed by atoms with Crippen LogP contribution in [0.15, 0.2) is 52.9 Å². The molecule has 4 rings (SSSR count). The summed E-state index contributed by atoms with van der Waals surface area (Å²) in [5, 5.41) is 0. The average molecular weight is 354 g/mol. The first-order valence-electron chi connectivity index (χ1n) is 8.23. The van der Waals surface area contributed by atoms with Crippen molar-refractivity contribution in [3.63, 3.8) is 0 Å². The van der Waals surface area contributed by atoms with Crippen molar-refractivity contribution in [3.05, 3.63) is 64.5 Å². The Bertz CT molecular complexity index is 963. The smallest absolute Gasteiger partial charge is 0.266 e. The van der Waals surface area contributed by atoms with Gasteiger partial charge in [-0.15, -0.1) is 0 Å². The Kier molecular flexibility index (Phi) is 4.15. The average Bonchev–Trinajstić information content (AvgIpc) is 3.00. The number of H-pyrrole nitrogens is 1. The fourth-order valence-electron chi connectivity index (χ4n) is 3.23. The van der Waals surface area contributed by atoms with Gasteiger partial charge in [-0.3, -0.25) is 4.79 Å². The molecular formula is C19H18N2O3S. The Balaban J connectivity index is 1.60. The number of oxazole rings is 1. The molecule has 6 heteroatoms. The Labute approximate surface area is 150 Å². The van der Waals surface area contributed by atoms with Crippen LogP contribution in [0.5, 0.6) is 0 Å². The second kappa shape index (κ2) is 6.46. The predicted molar refractivity (Wildman–Crippen MR) is 97.0 cm³/mol. The molecule has 2 heterocycles. The van der Waals surface area contributed by atoms with Crippen molar-refractivity contribution < 1.29 is 13.9 Å². The summed E-state index contributed by atoms with van der Waals surface area (Å²) in [6, 6.07) is 15.4. The monoisotopic (exact) mass is 354 g/mol. The van der Waals surface area contributed by atoms with Crippen molar-refractivity contribution in [2.45, 2.75) is 19.1 Å². The van der Waals surface area contributed by atoms with Gasteiger partial charge in [0, 0.05) is 12.1 Å². The van der Waals surface area contributed by atoms with Crippen molar-refractivity contribution in [2.75, 3.05) is 13.1 Å². The minimum atomic E-state index is -0.117. The third kappa shape index (κ3) is 3.23. The molecule has 0 bridgehead atoms. The highest BCUT2D eigenvalue weighted by molar-refractivity contribution is 7.71. The van der Waals surface area contributed by atoms with Crippen molar-refractivity contribution >= 4 is 29.2 Å². The standard InChI is InChI=1S/C19H18N2O3S/c1-12-10-21(11-17(23-12)13-5-3-2-4-6-13)18(22)14-7-8-15-16(9-14)24-19(25)20-15/h2-9,12,17H,10-11H2,1H3,(H,20,25)/t12-,17+/m0/s1. The number of nitrogens with zero attached hydrogens (tertiary/aromatic N) is 1. The van der Waals surface area contributed by atoms with Gasteiger partial charge in [-0.1, -0.05) is 30.3 Å². The van der Waals surface area contributed by atoms with Crippen LogP contribution in [0.1, 0.15) is 28.9 Å². The Morgan fingerprint density at radius 3 is 2.80 bits per heavy atom. The first-order chi connectivity index (χ1) is 12.1. The molecule has 2 atom stereocenters. The van der Waals surface area contributed by atoms with Gasteiger partial charge < -0.3 is 19.0 Å². The molecule has 5 nitrogen and oxygen atoms in total. The van der Waals surface area contributed by atoms with Crippen molar-refractivity contribution in [3.8, 4) is 0 Å². The number of carbonyl (C=O) groups is 1. The molecule has 0 unspecified atom stereocenters. The van der Waals surface area contributed by atoms with Crippen molar-refractivity contribution in [2.24, 2.45) is 0 Å². The summed E-state index contributed by atoms with van der Waals surface area (Å²) in [6.07, 6.45) is -0.142. The van der Waals surface area contributed by atoms with Crippen LogP contribution in [0.4, 0.5) is 0 Å². The van der Waals surface area contributed by atoms with Crippen LogP contribution < -0.4 is 0 Å². The number of aromatic amines is 1. The van der Waals surface area contributed by atoms with Crippen LogP contribution in [0.3, 0.4) is 0 Å². The third-order valence-corrected chi connectivity index (χ3v) is 4.57. The molecule has 1 fully saturated rings. The fourth-order valence-corrected chi connectivity index (χ4v) is 3.43. The molecule has 0 spiro atoms. The van der Waals surface area contributed by atoms with Gasteiger partial charge in [0.1, 0.15) is 6.10 Å². The summed E-state index contributed by atoms with van der Waals surface area (Å²) < 4.78 is 11.5. The molecule has 1 aromatic heterocycles. The number of benzene rings is 2. The summed E-state index contributed by atoms with van der Waals surface area (Å²) in [5.74, 6) is -0.0275. The first-order valence-corrected chi connectivity index (χ1v) is 8.63. The van der Waals surface area contributed by atoms with Gasteiger partial charge in [0.25, 0.3) is 10.7 Å². The molecule has 128 valence electrons. The summed E-state index contributed by atoms with van der Waals surface area (Å²) in [5.41, 5.74) is 3.06. The van der Waals surface area contributed by atoms with Crippen LogP contribution in [0.25, 0.3) is 11.1 Å². The van der Waals surface area contributed by atoms with E-state index in [1.165, 1.54) is 0 Å².